The van der Waals surface area contributed by atoms with E-state index in [-0.39, 0.29) is 6.04 Å². The standard InChI is InChI=1S/C16H16ClN5/c1-12(20-8-14-6-7-18-9-16(14)17)13-2-4-15(5-3-13)22-11-19-10-21-22/h2-7,9-12,20H,8H2,1H3/t12-/m0/s1. The van der Waals surface area contributed by atoms with E-state index in [4.69, 9.17) is 11.6 Å². The minimum atomic E-state index is 0.217. The fourth-order valence-corrected chi connectivity index (χ4v) is 2.37. The van der Waals surface area contributed by atoms with Gasteiger partial charge in [0.05, 0.1) is 10.7 Å². The van der Waals surface area contributed by atoms with E-state index >= 15 is 0 Å². The van der Waals surface area contributed by atoms with Crippen molar-refractivity contribution in [3.63, 3.8) is 0 Å². The summed E-state index contributed by atoms with van der Waals surface area (Å²) in [6.45, 7) is 2.83. The van der Waals surface area contributed by atoms with Crippen LogP contribution in [-0.4, -0.2) is 19.7 Å². The SMILES string of the molecule is C[C@H](NCc1ccncc1Cl)c1ccc(-n2cncn2)cc1. The molecule has 0 aliphatic carbocycles. The summed E-state index contributed by atoms with van der Waals surface area (Å²) in [4.78, 5) is 7.94. The highest BCUT2D eigenvalue weighted by Crippen LogP contribution is 2.18. The van der Waals surface area contributed by atoms with Crippen LogP contribution in [0.1, 0.15) is 24.1 Å². The van der Waals surface area contributed by atoms with Gasteiger partial charge in [-0.25, -0.2) is 9.67 Å². The van der Waals surface area contributed by atoms with Gasteiger partial charge in [-0.05, 0) is 36.2 Å². The van der Waals surface area contributed by atoms with E-state index in [9.17, 15) is 0 Å². The summed E-state index contributed by atoms with van der Waals surface area (Å²) in [6.07, 6.45) is 6.62. The summed E-state index contributed by atoms with van der Waals surface area (Å²) < 4.78 is 1.73. The number of rotatable bonds is 5. The van der Waals surface area contributed by atoms with Crippen LogP contribution in [0.15, 0.2) is 55.4 Å². The van der Waals surface area contributed by atoms with Crippen molar-refractivity contribution in [3.8, 4) is 5.69 Å². The molecule has 0 saturated carbocycles. The van der Waals surface area contributed by atoms with Crippen LogP contribution in [0.5, 0.6) is 0 Å². The first-order valence-corrected chi connectivity index (χ1v) is 7.38. The highest BCUT2D eigenvalue weighted by atomic mass is 35.5. The van der Waals surface area contributed by atoms with Crippen molar-refractivity contribution in [1.82, 2.24) is 25.1 Å². The molecule has 1 N–H and O–H groups in total. The van der Waals surface area contributed by atoms with Gasteiger partial charge in [0.25, 0.3) is 0 Å². The van der Waals surface area contributed by atoms with Crippen LogP contribution < -0.4 is 5.32 Å². The Bertz CT molecular complexity index is 725. The van der Waals surface area contributed by atoms with Crippen LogP contribution in [0.4, 0.5) is 0 Å². The van der Waals surface area contributed by atoms with Gasteiger partial charge in [0.15, 0.2) is 0 Å². The lowest BCUT2D eigenvalue weighted by molar-refractivity contribution is 0.574. The average Bonchev–Trinajstić information content (AvgIpc) is 3.08. The molecule has 2 aromatic heterocycles. The van der Waals surface area contributed by atoms with E-state index in [2.05, 4.69) is 39.4 Å². The van der Waals surface area contributed by atoms with E-state index in [1.807, 2.05) is 18.2 Å². The van der Waals surface area contributed by atoms with Crippen LogP contribution in [0, 0.1) is 0 Å². The second-order valence-electron chi connectivity index (χ2n) is 5.00. The van der Waals surface area contributed by atoms with Crippen molar-refractivity contribution in [2.24, 2.45) is 0 Å². The molecule has 1 aromatic carbocycles. The normalized spacial score (nSPS) is 12.3. The molecule has 0 spiro atoms. The Labute approximate surface area is 134 Å². The molecule has 0 bridgehead atoms. The number of nitrogens with one attached hydrogen (secondary N) is 1. The highest BCUT2D eigenvalue weighted by molar-refractivity contribution is 6.31. The molecule has 5 nitrogen and oxygen atoms in total. The molecule has 0 radical (unpaired) electrons. The molecular weight excluding hydrogens is 298 g/mol. The molecule has 0 saturated heterocycles. The molecule has 112 valence electrons. The molecule has 3 aromatic rings. The van der Waals surface area contributed by atoms with E-state index in [0.29, 0.717) is 11.6 Å². The maximum Gasteiger partial charge on any atom is 0.138 e. The van der Waals surface area contributed by atoms with Crippen molar-refractivity contribution < 1.29 is 0 Å². The van der Waals surface area contributed by atoms with E-state index in [1.165, 1.54) is 11.9 Å². The van der Waals surface area contributed by atoms with Gasteiger partial charge in [0, 0.05) is 25.0 Å². The number of nitrogens with zero attached hydrogens (tertiary/aromatic N) is 4. The second kappa shape index (κ2) is 6.68. The number of aromatic nitrogens is 4. The lowest BCUT2D eigenvalue weighted by Crippen LogP contribution is -2.18. The Kier molecular flexibility index (Phi) is 4.46. The van der Waals surface area contributed by atoms with Crippen molar-refractivity contribution in [2.45, 2.75) is 19.5 Å². The monoisotopic (exact) mass is 313 g/mol. The molecule has 0 aliphatic heterocycles. The molecule has 0 unspecified atom stereocenters. The summed E-state index contributed by atoms with van der Waals surface area (Å²) in [7, 11) is 0. The van der Waals surface area contributed by atoms with Crippen LogP contribution >= 0.6 is 11.6 Å². The van der Waals surface area contributed by atoms with Crippen molar-refractivity contribution >= 4 is 11.6 Å². The summed E-state index contributed by atoms with van der Waals surface area (Å²) in [6, 6.07) is 10.4. The van der Waals surface area contributed by atoms with Gasteiger partial charge < -0.3 is 5.32 Å². The highest BCUT2D eigenvalue weighted by Gasteiger charge is 2.07. The lowest BCUT2D eigenvalue weighted by atomic mass is 10.1. The van der Waals surface area contributed by atoms with Crippen LogP contribution in [0.2, 0.25) is 5.02 Å². The van der Waals surface area contributed by atoms with E-state index in [0.717, 1.165) is 11.3 Å². The molecule has 0 amide bonds. The third-order valence-electron chi connectivity index (χ3n) is 3.53. The van der Waals surface area contributed by atoms with Crippen molar-refractivity contribution in [2.75, 3.05) is 0 Å². The molecule has 0 fully saturated rings. The summed E-state index contributed by atoms with van der Waals surface area (Å²) in [5.41, 5.74) is 3.24. The fourth-order valence-electron chi connectivity index (χ4n) is 2.19. The predicted octanol–water partition coefficient (Wildman–Crippen LogP) is 3.17. The molecule has 1 atom stereocenters. The Hall–Kier alpha value is -2.24. The van der Waals surface area contributed by atoms with Crippen LogP contribution in [-0.2, 0) is 6.54 Å². The Morgan fingerprint density at radius 1 is 1.18 bits per heavy atom. The zero-order valence-corrected chi connectivity index (χ0v) is 12.9. The Morgan fingerprint density at radius 3 is 2.68 bits per heavy atom. The maximum atomic E-state index is 6.11. The quantitative estimate of drug-likeness (QED) is 0.786. The first kappa shape index (κ1) is 14.7. The largest absolute Gasteiger partial charge is 0.306 e. The minimum Gasteiger partial charge on any atom is -0.306 e. The third kappa shape index (κ3) is 3.32. The van der Waals surface area contributed by atoms with Gasteiger partial charge in [0.2, 0.25) is 0 Å². The number of hydrogen-bond acceptors (Lipinski definition) is 4. The van der Waals surface area contributed by atoms with Gasteiger partial charge in [-0.3, -0.25) is 4.98 Å². The smallest absolute Gasteiger partial charge is 0.138 e. The van der Waals surface area contributed by atoms with Gasteiger partial charge in [0.1, 0.15) is 12.7 Å². The molecule has 6 heteroatoms. The van der Waals surface area contributed by atoms with Crippen LogP contribution in [0.25, 0.3) is 5.69 Å². The predicted molar refractivity (Wildman–Crippen MR) is 85.9 cm³/mol. The first-order chi connectivity index (χ1) is 10.7. The molecule has 0 aliphatic rings. The van der Waals surface area contributed by atoms with Crippen LogP contribution in [0.3, 0.4) is 0 Å². The second-order valence-corrected chi connectivity index (χ2v) is 5.41. The number of hydrogen-bond donors (Lipinski definition) is 1. The van der Waals surface area contributed by atoms with Gasteiger partial charge in [-0.15, -0.1) is 0 Å². The van der Waals surface area contributed by atoms with Crippen molar-refractivity contribution in [1.29, 1.82) is 0 Å². The number of benzene rings is 1. The summed E-state index contributed by atoms with van der Waals surface area (Å²) in [5.74, 6) is 0. The molecular formula is C16H16ClN5. The minimum absolute atomic E-state index is 0.217. The van der Waals surface area contributed by atoms with Gasteiger partial charge in [-0.1, -0.05) is 23.7 Å². The van der Waals surface area contributed by atoms with Gasteiger partial charge in [-0.2, -0.15) is 5.10 Å². The Balaban J connectivity index is 1.65. The number of pyridine rings is 1. The molecule has 22 heavy (non-hydrogen) atoms. The zero-order chi connectivity index (χ0) is 15.4. The zero-order valence-electron chi connectivity index (χ0n) is 12.1. The van der Waals surface area contributed by atoms with Gasteiger partial charge >= 0.3 is 0 Å². The third-order valence-corrected chi connectivity index (χ3v) is 3.87. The van der Waals surface area contributed by atoms with E-state index in [1.54, 1.807) is 23.4 Å². The van der Waals surface area contributed by atoms with E-state index < -0.39 is 0 Å². The first-order valence-electron chi connectivity index (χ1n) is 7.01. The van der Waals surface area contributed by atoms with Crippen molar-refractivity contribution in [3.05, 3.63) is 71.5 Å². The topological polar surface area (TPSA) is 55.6 Å². The Morgan fingerprint density at radius 2 is 2.00 bits per heavy atom. The lowest BCUT2D eigenvalue weighted by Gasteiger charge is -2.15. The summed E-state index contributed by atoms with van der Waals surface area (Å²) >= 11 is 6.11. The summed E-state index contributed by atoms with van der Waals surface area (Å²) in [5, 5.41) is 8.26. The molecule has 2 heterocycles. The number of halogens is 1. The fraction of sp³-hybridized carbons (Fsp3) is 0.188. The average molecular weight is 314 g/mol. The maximum absolute atomic E-state index is 6.11. The molecule has 3 rings (SSSR count).